The number of benzene rings is 1. The molecule has 0 saturated carbocycles. The average Bonchev–Trinajstić information content (AvgIpc) is 2.75. The lowest BCUT2D eigenvalue weighted by atomic mass is 10.2. The zero-order valence-corrected chi connectivity index (χ0v) is 16.2. The second-order valence-electron chi connectivity index (χ2n) is 6.62. The summed E-state index contributed by atoms with van der Waals surface area (Å²) >= 11 is 0. The molecule has 2 N–H and O–H groups in total. The van der Waals surface area contributed by atoms with Gasteiger partial charge >= 0.3 is 6.03 Å². The van der Waals surface area contributed by atoms with Gasteiger partial charge in [-0.15, -0.1) is 0 Å². The normalized spacial score (nSPS) is 15.8. The number of aliphatic hydroxyl groups excluding tert-OH is 1. The molecule has 1 unspecified atom stereocenters. The molecule has 28 heavy (non-hydrogen) atoms. The summed E-state index contributed by atoms with van der Waals surface area (Å²) in [7, 11) is 1.60. The highest BCUT2D eigenvalue weighted by molar-refractivity contribution is 5.90. The number of rotatable bonds is 6. The largest absolute Gasteiger partial charge is 0.497 e. The van der Waals surface area contributed by atoms with Gasteiger partial charge in [0.2, 0.25) is 5.88 Å². The minimum atomic E-state index is -0.191. The monoisotopic (exact) mass is 386 g/mol. The van der Waals surface area contributed by atoms with Gasteiger partial charge in [0, 0.05) is 38.4 Å². The van der Waals surface area contributed by atoms with Crippen molar-refractivity contribution in [3.8, 4) is 17.4 Å². The number of hydrogen-bond donors (Lipinski definition) is 2. The molecule has 1 aliphatic heterocycles. The molecule has 1 fully saturated rings. The van der Waals surface area contributed by atoms with E-state index in [0.717, 1.165) is 18.8 Å². The van der Waals surface area contributed by atoms with Crippen molar-refractivity contribution >= 4 is 11.7 Å². The van der Waals surface area contributed by atoms with Crippen LogP contribution < -0.4 is 14.8 Å². The van der Waals surface area contributed by atoms with Gasteiger partial charge in [-0.2, -0.15) is 0 Å². The number of nitrogens with one attached hydrogen (secondary N) is 1. The molecule has 150 valence electrons. The minimum Gasteiger partial charge on any atom is -0.497 e. The maximum Gasteiger partial charge on any atom is 0.322 e. The van der Waals surface area contributed by atoms with E-state index in [2.05, 4.69) is 15.2 Å². The Kier molecular flexibility index (Phi) is 6.67. The summed E-state index contributed by atoms with van der Waals surface area (Å²) < 4.78 is 11.0. The van der Waals surface area contributed by atoms with Gasteiger partial charge in [-0.05, 0) is 43.3 Å². The quantitative estimate of drug-likeness (QED) is 0.793. The van der Waals surface area contributed by atoms with E-state index in [1.165, 1.54) is 0 Å². The van der Waals surface area contributed by atoms with Crippen LogP contribution in [0.5, 0.6) is 17.4 Å². The van der Waals surface area contributed by atoms with E-state index in [1.54, 1.807) is 54.6 Å². The van der Waals surface area contributed by atoms with Crippen LogP contribution in [-0.2, 0) is 0 Å². The zero-order chi connectivity index (χ0) is 19.9. The fraction of sp³-hybridized carbons (Fsp3) is 0.400. The molecule has 1 saturated heterocycles. The van der Waals surface area contributed by atoms with Crippen LogP contribution in [0, 0.1) is 0 Å². The van der Waals surface area contributed by atoms with Crippen molar-refractivity contribution in [2.24, 2.45) is 0 Å². The van der Waals surface area contributed by atoms with Gasteiger partial charge in [0.1, 0.15) is 17.2 Å². The Morgan fingerprint density at radius 3 is 2.50 bits per heavy atom. The summed E-state index contributed by atoms with van der Waals surface area (Å²) in [6, 6.07) is 10.6. The number of carbonyl (C=O) groups is 1. The molecule has 2 aromatic rings. The SMILES string of the molecule is COc1ccc(Oc2ncccc2NC(=O)N2CCN(C(C)CO)CC2)cc1. The van der Waals surface area contributed by atoms with Gasteiger partial charge in [-0.25, -0.2) is 9.78 Å². The third-order valence-electron chi connectivity index (χ3n) is 4.78. The summed E-state index contributed by atoms with van der Waals surface area (Å²) in [4.78, 5) is 20.8. The summed E-state index contributed by atoms with van der Waals surface area (Å²) in [5.41, 5.74) is 0.509. The molecule has 0 radical (unpaired) electrons. The van der Waals surface area contributed by atoms with Crippen LogP contribution in [0.4, 0.5) is 10.5 Å². The molecule has 1 aromatic heterocycles. The van der Waals surface area contributed by atoms with Crippen LogP contribution in [0.25, 0.3) is 0 Å². The predicted molar refractivity (Wildman–Crippen MR) is 106 cm³/mol. The highest BCUT2D eigenvalue weighted by Crippen LogP contribution is 2.28. The number of amides is 2. The standard InChI is InChI=1S/C20H26N4O4/c1-15(14-25)23-10-12-24(13-11-23)20(26)22-18-4-3-9-21-19(18)28-17-7-5-16(27-2)6-8-17/h3-9,15,25H,10-14H2,1-2H3,(H,22,26). The third kappa shape index (κ3) is 4.90. The van der Waals surface area contributed by atoms with E-state index < -0.39 is 0 Å². The van der Waals surface area contributed by atoms with Gasteiger partial charge in [0.25, 0.3) is 0 Å². The Labute approximate surface area is 164 Å². The number of anilines is 1. The van der Waals surface area contributed by atoms with Crippen LogP contribution in [0.3, 0.4) is 0 Å². The lowest BCUT2D eigenvalue weighted by Gasteiger charge is -2.37. The third-order valence-corrected chi connectivity index (χ3v) is 4.78. The number of urea groups is 1. The lowest BCUT2D eigenvalue weighted by Crippen LogP contribution is -2.53. The van der Waals surface area contributed by atoms with E-state index in [-0.39, 0.29) is 18.7 Å². The van der Waals surface area contributed by atoms with Crippen LogP contribution in [0.15, 0.2) is 42.6 Å². The van der Waals surface area contributed by atoms with Gasteiger partial charge in [-0.3, -0.25) is 4.90 Å². The number of carbonyl (C=O) groups excluding carboxylic acids is 1. The van der Waals surface area contributed by atoms with Crippen molar-refractivity contribution in [2.45, 2.75) is 13.0 Å². The fourth-order valence-corrected chi connectivity index (χ4v) is 3.00. The van der Waals surface area contributed by atoms with E-state index in [1.807, 2.05) is 6.92 Å². The number of hydrogen-bond acceptors (Lipinski definition) is 6. The van der Waals surface area contributed by atoms with E-state index >= 15 is 0 Å². The van der Waals surface area contributed by atoms with Crippen molar-refractivity contribution in [3.05, 3.63) is 42.6 Å². The summed E-state index contributed by atoms with van der Waals surface area (Å²) in [5, 5.41) is 12.2. The molecule has 0 spiro atoms. The first-order chi connectivity index (χ1) is 13.6. The second-order valence-corrected chi connectivity index (χ2v) is 6.62. The number of methoxy groups -OCH3 is 1. The van der Waals surface area contributed by atoms with Crippen molar-refractivity contribution in [2.75, 3.05) is 45.2 Å². The van der Waals surface area contributed by atoms with Crippen molar-refractivity contribution in [1.29, 1.82) is 0 Å². The second kappa shape index (κ2) is 9.38. The number of ether oxygens (including phenoxy) is 2. The molecular formula is C20H26N4O4. The molecule has 2 amide bonds. The van der Waals surface area contributed by atoms with Crippen molar-refractivity contribution < 1.29 is 19.4 Å². The number of nitrogens with zero attached hydrogens (tertiary/aromatic N) is 3. The highest BCUT2D eigenvalue weighted by atomic mass is 16.5. The lowest BCUT2D eigenvalue weighted by molar-refractivity contribution is 0.0870. The topological polar surface area (TPSA) is 87.2 Å². The van der Waals surface area contributed by atoms with Crippen molar-refractivity contribution in [3.63, 3.8) is 0 Å². The highest BCUT2D eigenvalue weighted by Gasteiger charge is 2.24. The van der Waals surface area contributed by atoms with Gasteiger partial charge in [0.15, 0.2) is 0 Å². The van der Waals surface area contributed by atoms with Crippen LogP contribution >= 0.6 is 0 Å². The molecule has 0 bridgehead atoms. The Morgan fingerprint density at radius 1 is 1.18 bits per heavy atom. The Balaban J connectivity index is 1.62. The first-order valence-corrected chi connectivity index (χ1v) is 9.28. The number of pyridine rings is 1. The smallest absolute Gasteiger partial charge is 0.322 e. The molecule has 3 rings (SSSR count). The molecule has 8 nitrogen and oxygen atoms in total. The van der Waals surface area contributed by atoms with Crippen molar-refractivity contribution in [1.82, 2.24) is 14.8 Å². The maximum atomic E-state index is 12.6. The van der Waals surface area contributed by atoms with E-state index in [0.29, 0.717) is 30.4 Å². The summed E-state index contributed by atoms with van der Waals surface area (Å²) in [6.45, 7) is 4.77. The van der Waals surface area contributed by atoms with E-state index in [4.69, 9.17) is 9.47 Å². The molecule has 2 heterocycles. The van der Waals surface area contributed by atoms with Gasteiger partial charge in [-0.1, -0.05) is 0 Å². The molecule has 0 aliphatic carbocycles. The van der Waals surface area contributed by atoms with Gasteiger partial charge < -0.3 is 24.8 Å². The van der Waals surface area contributed by atoms with Crippen LogP contribution in [0.2, 0.25) is 0 Å². The van der Waals surface area contributed by atoms with E-state index in [9.17, 15) is 9.90 Å². The molecule has 8 heteroatoms. The maximum absolute atomic E-state index is 12.6. The first-order valence-electron chi connectivity index (χ1n) is 9.28. The average molecular weight is 386 g/mol. The van der Waals surface area contributed by atoms with Crippen LogP contribution in [-0.4, -0.2) is 71.9 Å². The number of aliphatic hydroxyl groups is 1. The Hall–Kier alpha value is -2.84. The first kappa shape index (κ1) is 19.9. The zero-order valence-electron chi connectivity index (χ0n) is 16.2. The molecular weight excluding hydrogens is 360 g/mol. The van der Waals surface area contributed by atoms with Crippen LogP contribution in [0.1, 0.15) is 6.92 Å². The summed E-state index contributed by atoms with van der Waals surface area (Å²) in [5.74, 6) is 1.66. The number of aromatic nitrogens is 1. The predicted octanol–water partition coefficient (Wildman–Crippen LogP) is 2.41. The number of piperazine rings is 1. The Morgan fingerprint density at radius 2 is 1.86 bits per heavy atom. The molecule has 1 aliphatic rings. The minimum absolute atomic E-state index is 0.105. The fourth-order valence-electron chi connectivity index (χ4n) is 3.00. The Bertz CT molecular complexity index is 776. The summed E-state index contributed by atoms with van der Waals surface area (Å²) in [6.07, 6.45) is 1.61. The van der Waals surface area contributed by atoms with Gasteiger partial charge in [0.05, 0.1) is 13.7 Å². The molecule has 1 aromatic carbocycles. The molecule has 1 atom stereocenters.